The van der Waals surface area contributed by atoms with E-state index in [1.165, 1.54) is 6.08 Å². The van der Waals surface area contributed by atoms with Crippen LogP contribution >= 0.6 is 0 Å². The third-order valence-corrected chi connectivity index (χ3v) is 2.87. The van der Waals surface area contributed by atoms with E-state index in [2.05, 4.69) is 5.32 Å². The average molecular weight is 281 g/mol. The molecule has 2 rings (SSSR count). The zero-order valence-electron chi connectivity index (χ0n) is 11.5. The predicted molar refractivity (Wildman–Crippen MR) is 82.2 cm³/mol. The third kappa shape index (κ3) is 4.31. The van der Waals surface area contributed by atoms with Crippen LogP contribution < -0.4 is 5.32 Å². The number of carboxylic acids is 1. The molecule has 4 nitrogen and oxygen atoms in total. The highest BCUT2D eigenvalue weighted by atomic mass is 16.4. The molecule has 0 bridgehead atoms. The smallest absolute Gasteiger partial charge is 0.328 e. The molecule has 0 spiro atoms. The molecule has 0 atom stereocenters. The summed E-state index contributed by atoms with van der Waals surface area (Å²) in [4.78, 5) is 22.5. The fraction of sp³-hybridized carbons (Fsp3) is 0.0588. The molecule has 0 aliphatic heterocycles. The normalized spacial score (nSPS) is 10.5. The van der Waals surface area contributed by atoms with Crippen molar-refractivity contribution in [1.82, 2.24) is 0 Å². The maximum Gasteiger partial charge on any atom is 0.328 e. The number of benzene rings is 2. The van der Waals surface area contributed by atoms with Crippen molar-refractivity contribution in [1.29, 1.82) is 0 Å². The average Bonchev–Trinajstić information content (AvgIpc) is 2.46. The Morgan fingerprint density at radius 1 is 1.10 bits per heavy atom. The summed E-state index contributed by atoms with van der Waals surface area (Å²) in [6.45, 7) is 1.93. The van der Waals surface area contributed by atoms with Crippen molar-refractivity contribution < 1.29 is 14.7 Å². The molecule has 21 heavy (non-hydrogen) atoms. The Bertz CT molecular complexity index is 687. The lowest BCUT2D eigenvalue weighted by atomic mass is 10.1. The molecule has 0 fully saturated rings. The van der Waals surface area contributed by atoms with E-state index in [9.17, 15) is 9.59 Å². The van der Waals surface area contributed by atoms with Crippen LogP contribution in [-0.4, -0.2) is 17.0 Å². The highest BCUT2D eigenvalue weighted by molar-refractivity contribution is 6.04. The van der Waals surface area contributed by atoms with Crippen LogP contribution in [0.15, 0.2) is 54.6 Å². The van der Waals surface area contributed by atoms with E-state index < -0.39 is 5.97 Å². The summed E-state index contributed by atoms with van der Waals surface area (Å²) in [5, 5.41) is 11.4. The standard InChI is InChI=1S/C17H15NO3/c1-12-3-2-4-14(11-12)17(21)18-15-8-5-13(6-9-15)7-10-16(19)20/h2-11H,1H3,(H,18,21)(H,19,20)/b10-7+. The minimum atomic E-state index is -0.994. The number of rotatable bonds is 4. The van der Waals surface area contributed by atoms with Gasteiger partial charge in [-0.25, -0.2) is 4.79 Å². The fourth-order valence-corrected chi connectivity index (χ4v) is 1.83. The molecule has 106 valence electrons. The van der Waals surface area contributed by atoms with Crippen LogP contribution in [0, 0.1) is 6.92 Å². The van der Waals surface area contributed by atoms with E-state index in [-0.39, 0.29) is 5.91 Å². The van der Waals surface area contributed by atoms with Crippen LogP contribution in [0.1, 0.15) is 21.5 Å². The summed E-state index contributed by atoms with van der Waals surface area (Å²) in [6.07, 6.45) is 2.56. The van der Waals surface area contributed by atoms with Gasteiger partial charge in [0.25, 0.3) is 5.91 Å². The molecule has 0 saturated heterocycles. The lowest BCUT2D eigenvalue weighted by Crippen LogP contribution is -2.11. The number of nitrogens with one attached hydrogen (secondary N) is 1. The van der Waals surface area contributed by atoms with Gasteiger partial charge in [-0.3, -0.25) is 4.79 Å². The largest absolute Gasteiger partial charge is 0.478 e. The van der Waals surface area contributed by atoms with Gasteiger partial charge in [-0.1, -0.05) is 29.8 Å². The topological polar surface area (TPSA) is 66.4 Å². The molecular weight excluding hydrogens is 266 g/mol. The van der Waals surface area contributed by atoms with E-state index in [1.807, 2.05) is 25.1 Å². The monoisotopic (exact) mass is 281 g/mol. The zero-order chi connectivity index (χ0) is 15.2. The molecule has 0 radical (unpaired) electrons. The Morgan fingerprint density at radius 3 is 2.43 bits per heavy atom. The first-order valence-corrected chi connectivity index (χ1v) is 6.44. The van der Waals surface area contributed by atoms with E-state index in [4.69, 9.17) is 5.11 Å². The number of hydrogen-bond acceptors (Lipinski definition) is 2. The summed E-state index contributed by atoms with van der Waals surface area (Å²) in [5.74, 6) is -1.17. The van der Waals surface area contributed by atoms with Gasteiger partial charge < -0.3 is 10.4 Å². The third-order valence-electron chi connectivity index (χ3n) is 2.87. The minimum Gasteiger partial charge on any atom is -0.478 e. The molecule has 2 aromatic rings. The van der Waals surface area contributed by atoms with Crippen LogP contribution in [0.2, 0.25) is 0 Å². The van der Waals surface area contributed by atoms with E-state index in [0.29, 0.717) is 11.3 Å². The predicted octanol–water partition coefficient (Wildman–Crippen LogP) is 3.35. The van der Waals surface area contributed by atoms with Gasteiger partial charge in [0, 0.05) is 17.3 Å². The van der Waals surface area contributed by atoms with E-state index in [0.717, 1.165) is 17.2 Å². The van der Waals surface area contributed by atoms with Gasteiger partial charge in [-0.15, -0.1) is 0 Å². The van der Waals surface area contributed by atoms with Gasteiger partial charge in [-0.05, 0) is 42.8 Å². The Labute approximate surface area is 122 Å². The lowest BCUT2D eigenvalue weighted by Gasteiger charge is -2.06. The highest BCUT2D eigenvalue weighted by Crippen LogP contribution is 2.13. The number of aryl methyl sites for hydroxylation is 1. The zero-order valence-corrected chi connectivity index (χ0v) is 11.5. The number of carboxylic acid groups (broad SMARTS) is 1. The SMILES string of the molecule is Cc1cccc(C(=O)Nc2ccc(/C=C/C(=O)O)cc2)c1. The maximum absolute atomic E-state index is 12.1. The minimum absolute atomic E-state index is 0.174. The number of carbonyl (C=O) groups excluding carboxylic acids is 1. The molecule has 0 aliphatic carbocycles. The van der Waals surface area contributed by atoms with E-state index >= 15 is 0 Å². The van der Waals surface area contributed by atoms with E-state index in [1.54, 1.807) is 30.3 Å². The molecule has 0 unspecified atom stereocenters. The van der Waals surface area contributed by atoms with Crippen LogP contribution in [0.4, 0.5) is 5.69 Å². The van der Waals surface area contributed by atoms with Crippen molar-refractivity contribution in [3.8, 4) is 0 Å². The Kier molecular flexibility index (Phi) is 4.51. The van der Waals surface area contributed by atoms with Crippen molar-refractivity contribution in [2.75, 3.05) is 5.32 Å². The molecule has 4 heteroatoms. The van der Waals surface area contributed by atoms with Crippen LogP contribution in [0.5, 0.6) is 0 Å². The van der Waals surface area contributed by atoms with Gasteiger partial charge in [0.2, 0.25) is 0 Å². The quantitative estimate of drug-likeness (QED) is 0.845. The van der Waals surface area contributed by atoms with Gasteiger partial charge in [-0.2, -0.15) is 0 Å². The van der Waals surface area contributed by atoms with Gasteiger partial charge in [0.1, 0.15) is 0 Å². The summed E-state index contributed by atoms with van der Waals surface area (Å²) in [6, 6.07) is 14.3. The van der Waals surface area contributed by atoms with Crippen molar-refractivity contribution in [2.45, 2.75) is 6.92 Å². The number of carbonyl (C=O) groups is 2. The second-order valence-corrected chi connectivity index (χ2v) is 4.62. The van der Waals surface area contributed by atoms with Crippen molar-refractivity contribution in [2.24, 2.45) is 0 Å². The van der Waals surface area contributed by atoms with Crippen LogP contribution in [0.25, 0.3) is 6.08 Å². The molecule has 0 heterocycles. The Balaban J connectivity index is 2.06. The number of anilines is 1. The van der Waals surface area contributed by atoms with Crippen molar-refractivity contribution in [3.05, 3.63) is 71.3 Å². The summed E-state index contributed by atoms with van der Waals surface area (Å²) < 4.78 is 0. The lowest BCUT2D eigenvalue weighted by molar-refractivity contribution is -0.131. The molecule has 0 saturated carbocycles. The molecule has 2 aromatic carbocycles. The number of hydrogen-bond donors (Lipinski definition) is 2. The summed E-state index contributed by atoms with van der Waals surface area (Å²) >= 11 is 0. The molecule has 2 N–H and O–H groups in total. The van der Waals surface area contributed by atoms with Crippen LogP contribution in [-0.2, 0) is 4.79 Å². The van der Waals surface area contributed by atoms with Crippen LogP contribution in [0.3, 0.4) is 0 Å². The Hall–Kier alpha value is -2.88. The Morgan fingerprint density at radius 2 is 1.81 bits per heavy atom. The van der Waals surface area contributed by atoms with Gasteiger partial charge in [0.15, 0.2) is 0 Å². The molecule has 0 aromatic heterocycles. The van der Waals surface area contributed by atoms with Gasteiger partial charge >= 0.3 is 5.97 Å². The molecule has 0 aliphatic rings. The second kappa shape index (κ2) is 6.52. The van der Waals surface area contributed by atoms with Gasteiger partial charge in [0.05, 0.1) is 0 Å². The number of amides is 1. The highest BCUT2D eigenvalue weighted by Gasteiger charge is 2.05. The van der Waals surface area contributed by atoms with Crippen molar-refractivity contribution in [3.63, 3.8) is 0 Å². The second-order valence-electron chi connectivity index (χ2n) is 4.62. The first-order chi connectivity index (χ1) is 10.0. The molecule has 1 amide bonds. The maximum atomic E-state index is 12.1. The van der Waals surface area contributed by atoms with Crippen molar-refractivity contribution >= 4 is 23.6 Å². The first kappa shape index (κ1) is 14.5. The first-order valence-electron chi connectivity index (χ1n) is 6.44. The fourth-order valence-electron chi connectivity index (χ4n) is 1.83. The number of aliphatic carboxylic acids is 1. The molecular formula is C17H15NO3. The summed E-state index contributed by atoms with van der Waals surface area (Å²) in [7, 11) is 0. The summed E-state index contributed by atoms with van der Waals surface area (Å²) in [5.41, 5.74) is 3.04.